The van der Waals surface area contributed by atoms with Gasteiger partial charge in [-0.2, -0.15) is 5.10 Å². The summed E-state index contributed by atoms with van der Waals surface area (Å²) in [6, 6.07) is 16.3. The highest BCUT2D eigenvalue weighted by molar-refractivity contribution is 9.10. The Morgan fingerprint density at radius 1 is 1.05 bits per heavy atom. The maximum absolute atomic E-state index is 4.17. The minimum atomic E-state index is 0.763. The van der Waals surface area contributed by atoms with Gasteiger partial charge in [-0.25, -0.2) is 9.67 Å². The van der Waals surface area contributed by atoms with Crippen molar-refractivity contribution in [3.63, 3.8) is 0 Å². The van der Waals surface area contributed by atoms with Crippen LogP contribution in [0, 0.1) is 0 Å². The summed E-state index contributed by atoms with van der Waals surface area (Å²) in [7, 11) is 0. The van der Waals surface area contributed by atoms with Gasteiger partial charge in [-0.05, 0) is 29.8 Å². The molecule has 0 aliphatic rings. The summed E-state index contributed by atoms with van der Waals surface area (Å²) < 4.78 is 2.84. The molecule has 0 aliphatic heterocycles. The largest absolute Gasteiger partial charge is 0.379 e. The molecule has 0 saturated carbocycles. The molecule has 0 radical (unpaired) electrons. The van der Waals surface area contributed by atoms with Crippen molar-refractivity contribution < 1.29 is 0 Å². The SMILES string of the molecule is Brc1ccc(CNc2ccccc2-n2cncn2)cc1. The maximum Gasteiger partial charge on any atom is 0.138 e. The topological polar surface area (TPSA) is 42.7 Å². The molecule has 0 amide bonds. The summed E-state index contributed by atoms with van der Waals surface area (Å²) >= 11 is 3.44. The lowest BCUT2D eigenvalue weighted by Crippen LogP contribution is -2.04. The van der Waals surface area contributed by atoms with Crippen molar-refractivity contribution in [2.75, 3.05) is 5.32 Å². The van der Waals surface area contributed by atoms with Crippen LogP contribution in [0.3, 0.4) is 0 Å². The Morgan fingerprint density at radius 2 is 1.85 bits per heavy atom. The number of para-hydroxylation sites is 2. The molecule has 0 bridgehead atoms. The molecule has 3 aromatic rings. The molecule has 0 unspecified atom stereocenters. The third-order valence-electron chi connectivity index (χ3n) is 2.97. The van der Waals surface area contributed by atoms with Crippen molar-refractivity contribution in [2.45, 2.75) is 6.54 Å². The van der Waals surface area contributed by atoms with E-state index in [1.165, 1.54) is 11.9 Å². The van der Waals surface area contributed by atoms with Crippen LogP contribution in [-0.4, -0.2) is 14.8 Å². The predicted octanol–water partition coefficient (Wildman–Crippen LogP) is 3.64. The first-order valence-electron chi connectivity index (χ1n) is 6.25. The highest BCUT2D eigenvalue weighted by atomic mass is 79.9. The fourth-order valence-electron chi connectivity index (χ4n) is 1.96. The van der Waals surface area contributed by atoms with Gasteiger partial charge in [-0.3, -0.25) is 0 Å². The Bertz CT molecular complexity index is 677. The molecule has 1 aromatic heterocycles. The zero-order valence-corrected chi connectivity index (χ0v) is 12.3. The van der Waals surface area contributed by atoms with Crippen LogP contribution >= 0.6 is 15.9 Å². The number of anilines is 1. The van der Waals surface area contributed by atoms with Crippen LogP contribution in [0.5, 0.6) is 0 Å². The lowest BCUT2D eigenvalue weighted by molar-refractivity contribution is 0.878. The molecule has 1 heterocycles. The van der Waals surface area contributed by atoms with Gasteiger partial charge >= 0.3 is 0 Å². The van der Waals surface area contributed by atoms with Gasteiger partial charge in [0.05, 0.1) is 11.4 Å². The molecule has 0 saturated heterocycles. The van der Waals surface area contributed by atoms with Gasteiger partial charge in [-0.15, -0.1) is 0 Å². The summed E-state index contributed by atoms with van der Waals surface area (Å²) in [4.78, 5) is 3.99. The number of rotatable bonds is 4. The molecular weight excluding hydrogens is 316 g/mol. The van der Waals surface area contributed by atoms with Gasteiger partial charge in [0.25, 0.3) is 0 Å². The molecule has 2 aromatic carbocycles. The number of nitrogens with zero attached hydrogens (tertiary/aromatic N) is 3. The fraction of sp³-hybridized carbons (Fsp3) is 0.0667. The van der Waals surface area contributed by atoms with E-state index >= 15 is 0 Å². The number of hydrogen-bond donors (Lipinski definition) is 1. The Kier molecular flexibility index (Phi) is 3.78. The van der Waals surface area contributed by atoms with Gasteiger partial charge in [0.1, 0.15) is 12.7 Å². The summed E-state index contributed by atoms with van der Waals surface area (Å²) in [5.41, 5.74) is 3.24. The van der Waals surface area contributed by atoms with Crippen molar-refractivity contribution in [2.24, 2.45) is 0 Å². The zero-order chi connectivity index (χ0) is 13.8. The van der Waals surface area contributed by atoms with E-state index in [-0.39, 0.29) is 0 Å². The second-order valence-electron chi connectivity index (χ2n) is 4.34. The second kappa shape index (κ2) is 5.88. The lowest BCUT2D eigenvalue weighted by Gasteiger charge is -2.11. The van der Waals surface area contributed by atoms with Gasteiger partial charge in [0.2, 0.25) is 0 Å². The quantitative estimate of drug-likeness (QED) is 0.795. The van der Waals surface area contributed by atoms with Crippen molar-refractivity contribution in [3.8, 4) is 5.69 Å². The minimum Gasteiger partial charge on any atom is -0.379 e. The average molecular weight is 329 g/mol. The van der Waals surface area contributed by atoms with E-state index in [1.54, 1.807) is 11.0 Å². The Hall–Kier alpha value is -2.14. The number of halogens is 1. The van der Waals surface area contributed by atoms with Crippen molar-refractivity contribution in [1.29, 1.82) is 0 Å². The molecule has 3 rings (SSSR count). The highest BCUT2D eigenvalue weighted by Gasteiger charge is 2.04. The van der Waals surface area contributed by atoms with E-state index < -0.39 is 0 Å². The zero-order valence-electron chi connectivity index (χ0n) is 10.7. The maximum atomic E-state index is 4.17. The summed E-state index contributed by atoms with van der Waals surface area (Å²) in [5, 5.41) is 7.61. The second-order valence-corrected chi connectivity index (χ2v) is 5.25. The smallest absolute Gasteiger partial charge is 0.138 e. The summed E-state index contributed by atoms with van der Waals surface area (Å²) in [6.07, 6.45) is 3.23. The molecular formula is C15H13BrN4. The van der Waals surface area contributed by atoms with E-state index in [9.17, 15) is 0 Å². The molecule has 5 heteroatoms. The van der Waals surface area contributed by atoms with Crippen LogP contribution in [0.15, 0.2) is 65.7 Å². The van der Waals surface area contributed by atoms with Crippen molar-refractivity contribution >= 4 is 21.6 Å². The van der Waals surface area contributed by atoms with Gasteiger partial charge in [0, 0.05) is 11.0 Å². The molecule has 0 fully saturated rings. The van der Waals surface area contributed by atoms with E-state index in [0.29, 0.717) is 0 Å². The normalized spacial score (nSPS) is 10.4. The Balaban J connectivity index is 1.79. The minimum absolute atomic E-state index is 0.763. The van der Waals surface area contributed by atoms with Crippen molar-refractivity contribution in [1.82, 2.24) is 14.8 Å². The number of benzene rings is 2. The number of hydrogen-bond acceptors (Lipinski definition) is 3. The predicted molar refractivity (Wildman–Crippen MR) is 82.8 cm³/mol. The molecule has 1 N–H and O–H groups in total. The fourth-order valence-corrected chi connectivity index (χ4v) is 2.22. The third-order valence-corrected chi connectivity index (χ3v) is 3.49. The average Bonchev–Trinajstić information content (AvgIpc) is 3.01. The van der Waals surface area contributed by atoms with Crippen LogP contribution in [0.2, 0.25) is 0 Å². The molecule has 0 spiro atoms. The third kappa shape index (κ3) is 2.88. The van der Waals surface area contributed by atoms with Gasteiger partial charge in [-0.1, -0.05) is 40.2 Å². The monoisotopic (exact) mass is 328 g/mol. The first-order valence-corrected chi connectivity index (χ1v) is 7.04. The Morgan fingerprint density at radius 3 is 2.60 bits per heavy atom. The molecule has 0 aliphatic carbocycles. The molecule has 4 nitrogen and oxygen atoms in total. The summed E-state index contributed by atoms with van der Waals surface area (Å²) in [6.45, 7) is 0.763. The summed E-state index contributed by atoms with van der Waals surface area (Å²) in [5.74, 6) is 0. The lowest BCUT2D eigenvalue weighted by atomic mass is 10.2. The van der Waals surface area contributed by atoms with Crippen LogP contribution in [-0.2, 0) is 6.54 Å². The first-order chi connectivity index (χ1) is 9.83. The van der Waals surface area contributed by atoms with Gasteiger partial charge < -0.3 is 5.32 Å². The van der Waals surface area contributed by atoms with E-state index in [1.807, 2.05) is 36.4 Å². The number of aromatic nitrogens is 3. The first kappa shape index (κ1) is 12.9. The Labute approximate surface area is 125 Å². The van der Waals surface area contributed by atoms with Crippen LogP contribution in [0.25, 0.3) is 5.69 Å². The van der Waals surface area contributed by atoms with Crippen LogP contribution in [0.1, 0.15) is 5.56 Å². The van der Waals surface area contributed by atoms with Crippen molar-refractivity contribution in [3.05, 3.63) is 71.2 Å². The van der Waals surface area contributed by atoms with E-state index in [2.05, 4.69) is 43.5 Å². The number of nitrogens with one attached hydrogen (secondary N) is 1. The molecule has 20 heavy (non-hydrogen) atoms. The molecule has 100 valence electrons. The molecule has 0 atom stereocenters. The van der Waals surface area contributed by atoms with E-state index in [0.717, 1.165) is 22.4 Å². The van der Waals surface area contributed by atoms with Crippen LogP contribution in [0.4, 0.5) is 5.69 Å². The standard InChI is InChI=1S/C15H13BrN4/c16-13-7-5-12(6-8-13)9-18-14-3-1-2-4-15(14)20-11-17-10-19-20/h1-8,10-11,18H,9H2. The van der Waals surface area contributed by atoms with Gasteiger partial charge in [0.15, 0.2) is 0 Å². The van der Waals surface area contributed by atoms with E-state index in [4.69, 9.17) is 0 Å². The highest BCUT2D eigenvalue weighted by Crippen LogP contribution is 2.20. The van der Waals surface area contributed by atoms with Crippen LogP contribution < -0.4 is 5.32 Å².